The summed E-state index contributed by atoms with van der Waals surface area (Å²) in [6.07, 6.45) is 3.37. The fourth-order valence-corrected chi connectivity index (χ4v) is 2.87. The molecular formula is C22H23BrN4O3. The van der Waals surface area contributed by atoms with Crippen molar-refractivity contribution in [3.05, 3.63) is 71.0 Å². The minimum Gasteiger partial charge on any atom is -0.483 e. The maximum atomic E-state index is 12.7. The van der Waals surface area contributed by atoms with E-state index in [4.69, 9.17) is 4.74 Å². The molecule has 0 radical (unpaired) electrons. The Morgan fingerprint density at radius 3 is 2.40 bits per heavy atom. The van der Waals surface area contributed by atoms with Crippen molar-refractivity contribution < 1.29 is 14.3 Å². The fraction of sp³-hybridized carbons (Fsp3) is 0.227. The van der Waals surface area contributed by atoms with Crippen LogP contribution in [0, 0.1) is 0 Å². The molecule has 0 saturated heterocycles. The number of ether oxygens (including phenoxy) is 1. The monoisotopic (exact) mass is 470 g/mol. The molecule has 0 atom stereocenters. The predicted octanol–water partition coefficient (Wildman–Crippen LogP) is 4.67. The number of para-hydroxylation sites is 1. The van der Waals surface area contributed by atoms with Crippen LogP contribution in [0.4, 0.5) is 11.4 Å². The number of hydrogen-bond acceptors (Lipinski definition) is 4. The van der Waals surface area contributed by atoms with Crippen LogP contribution in [0.5, 0.6) is 5.75 Å². The van der Waals surface area contributed by atoms with Gasteiger partial charge in [0.05, 0.1) is 23.0 Å². The molecule has 2 aromatic carbocycles. The Labute approximate surface area is 183 Å². The molecule has 7 nitrogen and oxygen atoms in total. The van der Waals surface area contributed by atoms with Gasteiger partial charge in [0.15, 0.2) is 6.61 Å². The zero-order chi connectivity index (χ0) is 21.7. The number of nitrogens with one attached hydrogen (secondary N) is 2. The van der Waals surface area contributed by atoms with Crippen molar-refractivity contribution in [3.8, 4) is 5.75 Å². The Morgan fingerprint density at radius 1 is 1.03 bits per heavy atom. The molecule has 2 N–H and O–H groups in total. The second-order valence-corrected chi connectivity index (χ2v) is 8.55. The summed E-state index contributed by atoms with van der Waals surface area (Å²) >= 11 is 3.35. The first kappa shape index (κ1) is 21.6. The number of hydrogen-bond donors (Lipinski definition) is 2. The molecule has 0 unspecified atom stereocenters. The molecule has 0 aliphatic rings. The van der Waals surface area contributed by atoms with Crippen molar-refractivity contribution in [1.29, 1.82) is 0 Å². The van der Waals surface area contributed by atoms with Gasteiger partial charge in [-0.1, -0.05) is 28.1 Å². The topological polar surface area (TPSA) is 85.2 Å². The molecule has 0 spiro atoms. The van der Waals surface area contributed by atoms with E-state index in [-0.39, 0.29) is 24.0 Å². The van der Waals surface area contributed by atoms with Gasteiger partial charge in [-0.3, -0.25) is 14.3 Å². The summed E-state index contributed by atoms with van der Waals surface area (Å²) in [5.74, 6) is -0.337. The lowest BCUT2D eigenvalue weighted by Gasteiger charge is -2.18. The highest BCUT2D eigenvalue weighted by molar-refractivity contribution is 9.10. The van der Waals surface area contributed by atoms with Crippen LogP contribution in [-0.2, 0) is 10.3 Å². The van der Waals surface area contributed by atoms with E-state index >= 15 is 0 Å². The Morgan fingerprint density at radius 2 is 1.73 bits per heavy atom. The second kappa shape index (κ2) is 9.13. The van der Waals surface area contributed by atoms with Crippen LogP contribution in [0.15, 0.2) is 65.4 Å². The number of halogens is 1. The number of anilines is 2. The highest BCUT2D eigenvalue weighted by Crippen LogP contribution is 2.21. The molecule has 156 valence electrons. The molecule has 0 bridgehead atoms. The van der Waals surface area contributed by atoms with Crippen molar-refractivity contribution in [3.63, 3.8) is 0 Å². The normalized spacial score (nSPS) is 11.1. The van der Waals surface area contributed by atoms with E-state index in [9.17, 15) is 9.59 Å². The van der Waals surface area contributed by atoms with E-state index in [1.165, 1.54) is 0 Å². The van der Waals surface area contributed by atoms with Crippen LogP contribution in [0.1, 0.15) is 31.1 Å². The number of carbonyl (C=O) groups excluding carboxylic acids is 2. The van der Waals surface area contributed by atoms with Gasteiger partial charge in [0, 0.05) is 16.4 Å². The SMILES string of the molecule is CC(C)(C)n1cc(NC(=O)c2ccccc2OCC(=O)Nc2ccc(Br)cc2)cn1. The largest absolute Gasteiger partial charge is 0.483 e. The van der Waals surface area contributed by atoms with Crippen LogP contribution < -0.4 is 15.4 Å². The summed E-state index contributed by atoms with van der Waals surface area (Å²) in [6.45, 7) is 5.85. The Hall–Kier alpha value is -3.13. The van der Waals surface area contributed by atoms with E-state index in [0.717, 1.165) is 4.47 Å². The van der Waals surface area contributed by atoms with E-state index in [1.54, 1.807) is 53.5 Å². The van der Waals surface area contributed by atoms with Gasteiger partial charge < -0.3 is 15.4 Å². The third kappa shape index (κ3) is 5.70. The standard InChI is InChI=1S/C22H23BrN4O3/c1-22(2,3)27-13-17(12-24-27)26-21(29)18-6-4-5-7-19(18)30-14-20(28)25-16-10-8-15(23)9-11-16/h4-13H,14H2,1-3H3,(H,25,28)(H,26,29). The first-order valence-electron chi connectivity index (χ1n) is 9.36. The van der Waals surface area contributed by atoms with Gasteiger partial charge in [0.1, 0.15) is 5.75 Å². The van der Waals surface area contributed by atoms with E-state index < -0.39 is 0 Å². The smallest absolute Gasteiger partial charge is 0.262 e. The van der Waals surface area contributed by atoms with Crippen LogP contribution >= 0.6 is 15.9 Å². The molecule has 3 rings (SSSR count). The van der Waals surface area contributed by atoms with Gasteiger partial charge in [0.2, 0.25) is 0 Å². The first-order valence-corrected chi connectivity index (χ1v) is 10.2. The van der Waals surface area contributed by atoms with Crippen LogP contribution in [0.3, 0.4) is 0 Å². The number of rotatable bonds is 6. The molecule has 1 aromatic heterocycles. The third-order valence-electron chi connectivity index (χ3n) is 4.15. The molecule has 3 aromatic rings. The third-order valence-corrected chi connectivity index (χ3v) is 4.67. The van der Waals surface area contributed by atoms with E-state index in [2.05, 4.69) is 31.7 Å². The van der Waals surface area contributed by atoms with Crippen molar-refractivity contribution in [2.45, 2.75) is 26.3 Å². The quantitative estimate of drug-likeness (QED) is 0.547. The fourth-order valence-electron chi connectivity index (χ4n) is 2.61. The Kier molecular flexibility index (Phi) is 6.56. The number of benzene rings is 2. The average molecular weight is 471 g/mol. The summed E-state index contributed by atoms with van der Waals surface area (Å²) in [5.41, 5.74) is 1.38. The number of carbonyl (C=O) groups is 2. The van der Waals surface area contributed by atoms with Gasteiger partial charge in [0.25, 0.3) is 11.8 Å². The predicted molar refractivity (Wildman–Crippen MR) is 120 cm³/mol. The Balaban J connectivity index is 1.63. The minimum atomic E-state index is -0.340. The number of nitrogens with zero attached hydrogens (tertiary/aromatic N) is 2. The van der Waals surface area contributed by atoms with E-state index in [1.807, 2.05) is 32.9 Å². The average Bonchev–Trinajstić information content (AvgIpc) is 3.17. The van der Waals surface area contributed by atoms with Crippen LogP contribution in [0.2, 0.25) is 0 Å². The molecule has 0 fully saturated rings. The van der Waals surface area contributed by atoms with E-state index in [0.29, 0.717) is 22.7 Å². The second-order valence-electron chi connectivity index (χ2n) is 7.64. The molecule has 30 heavy (non-hydrogen) atoms. The summed E-state index contributed by atoms with van der Waals surface area (Å²) < 4.78 is 8.31. The van der Waals surface area contributed by atoms with Crippen molar-refractivity contribution >= 4 is 39.1 Å². The lowest BCUT2D eigenvalue weighted by Crippen LogP contribution is -2.22. The highest BCUT2D eigenvalue weighted by Gasteiger charge is 2.17. The summed E-state index contributed by atoms with van der Waals surface area (Å²) in [7, 11) is 0. The minimum absolute atomic E-state index is 0.188. The maximum Gasteiger partial charge on any atom is 0.262 e. The van der Waals surface area contributed by atoms with Crippen molar-refractivity contribution in [1.82, 2.24) is 9.78 Å². The maximum absolute atomic E-state index is 12.7. The molecule has 2 amide bonds. The molecule has 0 aliphatic carbocycles. The Bertz CT molecular complexity index is 1040. The molecule has 1 heterocycles. The number of aromatic nitrogens is 2. The zero-order valence-corrected chi connectivity index (χ0v) is 18.6. The molecule has 0 saturated carbocycles. The van der Waals surface area contributed by atoms with Gasteiger partial charge in [-0.25, -0.2) is 0 Å². The number of amides is 2. The van der Waals surface area contributed by atoms with Crippen molar-refractivity contribution in [2.75, 3.05) is 17.2 Å². The molecule has 8 heteroatoms. The molecular weight excluding hydrogens is 448 g/mol. The van der Waals surface area contributed by atoms with Crippen LogP contribution in [-0.4, -0.2) is 28.2 Å². The lowest BCUT2D eigenvalue weighted by molar-refractivity contribution is -0.118. The summed E-state index contributed by atoms with van der Waals surface area (Å²) in [4.78, 5) is 24.9. The van der Waals surface area contributed by atoms with Crippen molar-refractivity contribution in [2.24, 2.45) is 0 Å². The van der Waals surface area contributed by atoms with Gasteiger partial charge in [-0.05, 0) is 57.2 Å². The first-order chi connectivity index (χ1) is 14.2. The lowest BCUT2D eigenvalue weighted by atomic mass is 10.1. The summed E-state index contributed by atoms with van der Waals surface area (Å²) in [5, 5.41) is 9.84. The van der Waals surface area contributed by atoms with Gasteiger partial charge in [-0.15, -0.1) is 0 Å². The van der Waals surface area contributed by atoms with Gasteiger partial charge in [-0.2, -0.15) is 5.10 Å². The zero-order valence-electron chi connectivity index (χ0n) is 17.0. The molecule has 0 aliphatic heterocycles. The van der Waals surface area contributed by atoms with Gasteiger partial charge >= 0.3 is 0 Å². The van der Waals surface area contributed by atoms with Crippen LogP contribution in [0.25, 0.3) is 0 Å². The highest BCUT2D eigenvalue weighted by atomic mass is 79.9. The summed E-state index contributed by atoms with van der Waals surface area (Å²) in [6, 6.07) is 14.0.